The van der Waals surface area contributed by atoms with Crippen molar-refractivity contribution in [1.82, 2.24) is 9.88 Å². The number of nitrogens with zero attached hydrogens (tertiary/aromatic N) is 1. The summed E-state index contributed by atoms with van der Waals surface area (Å²) in [5, 5.41) is 13.7. The summed E-state index contributed by atoms with van der Waals surface area (Å²) in [6.45, 7) is 9.70. The maximum absolute atomic E-state index is 13.0. The molecule has 0 aliphatic carbocycles. The van der Waals surface area contributed by atoms with Gasteiger partial charge in [-0.3, -0.25) is 4.79 Å². The van der Waals surface area contributed by atoms with Crippen LogP contribution >= 0.6 is 0 Å². The second kappa shape index (κ2) is 11.2. The van der Waals surface area contributed by atoms with Crippen molar-refractivity contribution in [2.24, 2.45) is 0 Å². The monoisotopic (exact) mass is 530 g/mol. The first-order valence-corrected chi connectivity index (χ1v) is 13.6. The van der Waals surface area contributed by atoms with Gasteiger partial charge in [0.25, 0.3) is 5.91 Å². The molecule has 0 saturated carbocycles. The van der Waals surface area contributed by atoms with E-state index in [4.69, 9.17) is 0 Å². The summed E-state index contributed by atoms with van der Waals surface area (Å²) in [7, 11) is 0. The van der Waals surface area contributed by atoms with Crippen molar-refractivity contribution in [3.63, 3.8) is 0 Å². The molecule has 0 aliphatic rings. The SMILES string of the molecule is Cc1c(C)n(Cc2ccc(-c3ccccc3C(=O)O)cc2)c2ccc(C(=O)NCc3ccc(C(C)C)cc3)cc12. The molecule has 1 aromatic heterocycles. The Labute approximate surface area is 235 Å². The normalized spacial score (nSPS) is 11.2. The van der Waals surface area contributed by atoms with Crippen LogP contribution < -0.4 is 5.32 Å². The number of benzene rings is 4. The number of hydrogen-bond donors (Lipinski definition) is 2. The summed E-state index contributed by atoms with van der Waals surface area (Å²) >= 11 is 0. The van der Waals surface area contributed by atoms with Gasteiger partial charge in [0.15, 0.2) is 0 Å². The molecule has 5 nitrogen and oxygen atoms in total. The Balaban J connectivity index is 1.34. The lowest BCUT2D eigenvalue weighted by molar-refractivity contribution is 0.0697. The summed E-state index contributed by atoms with van der Waals surface area (Å²) in [6.07, 6.45) is 0. The number of aromatic nitrogens is 1. The van der Waals surface area contributed by atoms with Crippen molar-refractivity contribution < 1.29 is 14.7 Å². The van der Waals surface area contributed by atoms with Crippen LogP contribution in [0.2, 0.25) is 0 Å². The van der Waals surface area contributed by atoms with Crippen LogP contribution in [0.15, 0.2) is 91.0 Å². The summed E-state index contributed by atoms with van der Waals surface area (Å²) in [6, 6.07) is 29.4. The number of carboxylic acids is 1. The minimum absolute atomic E-state index is 0.0862. The number of rotatable bonds is 8. The number of hydrogen-bond acceptors (Lipinski definition) is 2. The van der Waals surface area contributed by atoms with Crippen molar-refractivity contribution in [3.8, 4) is 11.1 Å². The third-order valence-electron chi connectivity index (χ3n) is 7.76. The Morgan fingerprint density at radius 3 is 2.20 bits per heavy atom. The molecule has 0 radical (unpaired) electrons. The zero-order valence-electron chi connectivity index (χ0n) is 23.4. The van der Waals surface area contributed by atoms with Crippen LogP contribution in [0.1, 0.15) is 68.4 Å². The third-order valence-corrected chi connectivity index (χ3v) is 7.76. The molecule has 5 aromatic rings. The first-order chi connectivity index (χ1) is 19.2. The molecular formula is C35H34N2O3. The van der Waals surface area contributed by atoms with E-state index in [0.29, 0.717) is 35.7 Å². The van der Waals surface area contributed by atoms with Gasteiger partial charge in [0.1, 0.15) is 0 Å². The number of aromatic carboxylic acids is 1. The van der Waals surface area contributed by atoms with Crippen molar-refractivity contribution >= 4 is 22.8 Å². The number of carboxylic acid groups (broad SMARTS) is 1. The maximum atomic E-state index is 13.0. The van der Waals surface area contributed by atoms with Gasteiger partial charge in [0.05, 0.1) is 5.56 Å². The van der Waals surface area contributed by atoms with Gasteiger partial charge in [0, 0.05) is 35.2 Å². The smallest absolute Gasteiger partial charge is 0.336 e. The Bertz CT molecular complexity index is 1690. The van der Waals surface area contributed by atoms with E-state index < -0.39 is 5.97 Å². The van der Waals surface area contributed by atoms with Crippen LogP contribution in [0.4, 0.5) is 0 Å². The van der Waals surface area contributed by atoms with Gasteiger partial charge in [-0.25, -0.2) is 4.79 Å². The van der Waals surface area contributed by atoms with Gasteiger partial charge in [-0.15, -0.1) is 0 Å². The molecule has 1 amide bonds. The molecule has 5 heteroatoms. The van der Waals surface area contributed by atoms with E-state index >= 15 is 0 Å². The molecular weight excluding hydrogens is 496 g/mol. The highest BCUT2D eigenvalue weighted by Crippen LogP contribution is 2.29. The van der Waals surface area contributed by atoms with E-state index in [1.54, 1.807) is 12.1 Å². The van der Waals surface area contributed by atoms with Gasteiger partial charge >= 0.3 is 5.97 Å². The van der Waals surface area contributed by atoms with Crippen LogP contribution in [0.5, 0.6) is 0 Å². The van der Waals surface area contributed by atoms with E-state index in [-0.39, 0.29) is 5.91 Å². The van der Waals surface area contributed by atoms with Gasteiger partial charge < -0.3 is 15.0 Å². The number of aryl methyl sites for hydroxylation is 1. The minimum atomic E-state index is -0.932. The molecule has 0 spiro atoms. The zero-order chi connectivity index (χ0) is 28.4. The zero-order valence-corrected chi connectivity index (χ0v) is 23.4. The van der Waals surface area contributed by atoms with Crippen molar-refractivity contribution in [1.29, 1.82) is 0 Å². The lowest BCUT2D eigenvalue weighted by atomic mass is 9.99. The molecule has 0 bridgehead atoms. The van der Waals surface area contributed by atoms with Gasteiger partial charge in [-0.2, -0.15) is 0 Å². The molecule has 0 unspecified atom stereocenters. The number of amides is 1. The number of nitrogens with one attached hydrogen (secondary N) is 1. The molecule has 5 rings (SSSR count). The topological polar surface area (TPSA) is 71.3 Å². The highest BCUT2D eigenvalue weighted by Gasteiger charge is 2.15. The first kappa shape index (κ1) is 26.9. The maximum Gasteiger partial charge on any atom is 0.336 e. The Morgan fingerprint density at radius 2 is 1.52 bits per heavy atom. The van der Waals surface area contributed by atoms with Crippen LogP contribution in [0, 0.1) is 13.8 Å². The predicted octanol–water partition coefficient (Wildman–Crippen LogP) is 7.73. The van der Waals surface area contributed by atoms with Crippen LogP contribution in [-0.2, 0) is 13.1 Å². The van der Waals surface area contributed by atoms with E-state index in [1.807, 2.05) is 54.6 Å². The number of carbonyl (C=O) groups is 2. The quantitative estimate of drug-likeness (QED) is 0.216. The largest absolute Gasteiger partial charge is 0.478 e. The lowest BCUT2D eigenvalue weighted by Gasteiger charge is -2.11. The molecule has 0 fully saturated rings. The molecule has 0 saturated heterocycles. The van der Waals surface area contributed by atoms with E-state index in [1.165, 1.54) is 5.56 Å². The van der Waals surface area contributed by atoms with Gasteiger partial charge in [-0.05, 0) is 77.4 Å². The molecule has 0 aliphatic heterocycles. The summed E-state index contributed by atoms with van der Waals surface area (Å²) in [5.41, 5.74) is 9.38. The summed E-state index contributed by atoms with van der Waals surface area (Å²) in [5.74, 6) is -0.537. The highest BCUT2D eigenvalue weighted by molar-refractivity contribution is 5.99. The van der Waals surface area contributed by atoms with Crippen molar-refractivity contribution in [2.75, 3.05) is 0 Å². The number of fused-ring (bicyclic) bond motifs is 1. The van der Waals surface area contributed by atoms with E-state index in [0.717, 1.165) is 38.9 Å². The number of carbonyl (C=O) groups excluding carboxylic acids is 1. The first-order valence-electron chi connectivity index (χ1n) is 13.6. The standard InChI is InChI=1S/C35H34N2O3/c1-22(2)27-13-9-25(10-14-27)20-36-34(38)29-17-18-33-32(19-29)23(3)24(4)37(33)21-26-11-15-28(16-12-26)30-7-5-6-8-31(30)35(39)40/h5-19,22H,20-21H2,1-4H3,(H,36,38)(H,39,40). The van der Waals surface area contributed by atoms with Crippen LogP contribution in [0.3, 0.4) is 0 Å². The minimum Gasteiger partial charge on any atom is -0.478 e. The molecule has 2 N–H and O–H groups in total. The third kappa shape index (κ3) is 5.41. The molecule has 4 aromatic carbocycles. The predicted molar refractivity (Wildman–Crippen MR) is 161 cm³/mol. The van der Waals surface area contributed by atoms with E-state index in [9.17, 15) is 14.7 Å². The van der Waals surface area contributed by atoms with E-state index in [2.05, 4.69) is 61.8 Å². The molecule has 0 atom stereocenters. The highest BCUT2D eigenvalue weighted by atomic mass is 16.4. The lowest BCUT2D eigenvalue weighted by Crippen LogP contribution is -2.22. The summed E-state index contributed by atoms with van der Waals surface area (Å²) < 4.78 is 2.27. The van der Waals surface area contributed by atoms with Crippen molar-refractivity contribution in [2.45, 2.75) is 46.7 Å². The second-order valence-corrected chi connectivity index (χ2v) is 10.7. The fourth-order valence-electron chi connectivity index (χ4n) is 5.19. The van der Waals surface area contributed by atoms with Gasteiger partial charge in [0.2, 0.25) is 0 Å². The summed E-state index contributed by atoms with van der Waals surface area (Å²) in [4.78, 5) is 24.6. The Kier molecular flexibility index (Phi) is 7.56. The Morgan fingerprint density at radius 1 is 0.850 bits per heavy atom. The molecule has 202 valence electrons. The fourth-order valence-corrected chi connectivity index (χ4v) is 5.19. The van der Waals surface area contributed by atoms with Crippen LogP contribution in [-0.4, -0.2) is 21.6 Å². The average molecular weight is 531 g/mol. The Hall–Kier alpha value is -4.64. The van der Waals surface area contributed by atoms with Gasteiger partial charge in [-0.1, -0.05) is 80.6 Å². The second-order valence-electron chi connectivity index (χ2n) is 10.7. The molecule has 40 heavy (non-hydrogen) atoms. The van der Waals surface area contributed by atoms with Crippen LogP contribution in [0.25, 0.3) is 22.0 Å². The molecule has 1 heterocycles. The fraction of sp³-hybridized carbons (Fsp3) is 0.200. The average Bonchev–Trinajstić information content (AvgIpc) is 3.20. The van der Waals surface area contributed by atoms with Crippen molar-refractivity contribution in [3.05, 3.63) is 130 Å².